The van der Waals surface area contributed by atoms with E-state index in [0.717, 1.165) is 16.6 Å². The van der Waals surface area contributed by atoms with Crippen LogP contribution in [0.1, 0.15) is 11.8 Å². The largest absolute Gasteiger partial charge is 0.416 e. The van der Waals surface area contributed by atoms with Gasteiger partial charge in [-0.2, -0.15) is 0 Å². The van der Waals surface area contributed by atoms with Gasteiger partial charge >= 0.3 is 6.09 Å². The summed E-state index contributed by atoms with van der Waals surface area (Å²) in [6.45, 7) is 2.07. The summed E-state index contributed by atoms with van der Waals surface area (Å²) in [5.74, 6) is 0.324. The number of fused-ring (bicyclic) bond motifs is 1. The Morgan fingerprint density at radius 3 is 2.88 bits per heavy atom. The van der Waals surface area contributed by atoms with Gasteiger partial charge in [0.15, 0.2) is 0 Å². The third-order valence-electron chi connectivity index (χ3n) is 2.24. The van der Waals surface area contributed by atoms with Gasteiger partial charge in [-0.15, -0.1) is 11.3 Å². The normalized spacial score (nSPS) is 10.5. The number of hydrogen-bond acceptors (Lipinski definition) is 5. The molecule has 2 heterocycles. The van der Waals surface area contributed by atoms with E-state index in [2.05, 4.69) is 16.9 Å². The number of nitrogens with zero attached hydrogens (tertiary/aromatic N) is 3. The highest BCUT2D eigenvalue weighted by Gasteiger charge is 2.13. The maximum absolute atomic E-state index is 11.5. The molecule has 0 N–H and O–H groups in total. The third-order valence-corrected chi connectivity index (χ3v) is 3.43. The summed E-state index contributed by atoms with van der Waals surface area (Å²) in [6, 6.07) is 1.97. The summed E-state index contributed by atoms with van der Waals surface area (Å²) >= 11 is 1.59. The van der Waals surface area contributed by atoms with Crippen LogP contribution in [0.25, 0.3) is 10.2 Å². The lowest BCUT2D eigenvalue weighted by Gasteiger charge is -2.09. The summed E-state index contributed by atoms with van der Waals surface area (Å²) < 4.78 is 5.19. The smallest absolute Gasteiger partial charge is 0.390 e. The Kier molecular flexibility index (Phi) is 3.23. The van der Waals surface area contributed by atoms with Gasteiger partial charge < -0.3 is 9.64 Å². The van der Waals surface area contributed by atoms with Gasteiger partial charge in [-0.1, -0.05) is 6.92 Å². The molecule has 5 nitrogen and oxygen atoms in total. The van der Waals surface area contributed by atoms with Crippen LogP contribution >= 0.6 is 11.3 Å². The number of rotatable bonds is 2. The predicted octanol–water partition coefficient (Wildman–Crippen LogP) is 2.31. The number of aryl methyl sites for hydroxylation is 1. The highest BCUT2D eigenvalue weighted by molar-refractivity contribution is 7.18. The Morgan fingerprint density at radius 2 is 2.24 bits per heavy atom. The van der Waals surface area contributed by atoms with Crippen molar-refractivity contribution in [2.45, 2.75) is 13.3 Å². The van der Waals surface area contributed by atoms with Crippen molar-refractivity contribution in [2.75, 3.05) is 14.1 Å². The van der Waals surface area contributed by atoms with Gasteiger partial charge in [-0.25, -0.2) is 14.8 Å². The van der Waals surface area contributed by atoms with Gasteiger partial charge in [0.25, 0.3) is 0 Å². The van der Waals surface area contributed by atoms with Crippen LogP contribution in [0.5, 0.6) is 5.88 Å². The van der Waals surface area contributed by atoms with Crippen LogP contribution in [0.3, 0.4) is 0 Å². The lowest BCUT2D eigenvalue weighted by Crippen LogP contribution is -2.25. The minimum atomic E-state index is -0.436. The maximum atomic E-state index is 11.5. The van der Waals surface area contributed by atoms with Gasteiger partial charge in [0, 0.05) is 19.0 Å². The Balaban J connectivity index is 2.40. The highest BCUT2D eigenvalue weighted by atomic mass is 32.1. The van der Waals surface area contributed by atoms with Gasteiger partial charge in [0.05, 0.1) is 5.39 Å². The molecular formula is C11H13N3O2S. The monoisotopic (exact) mass is 251 g/mol. The van der Waals surface area contributed by atoms with Crippen molar-refractivity contribution in [2.24, 2.45) is 0 Å². The van der Waals surface area contributed by atoms with Crippen LogP contribution in [-0.2, 0) is 6.42 Å². The zero-order valence-electron chi connectivity index (χ0n) is 9.93. The minimum Gasteiger partial charge on any atom is -0.390 e. The van der Waals surface area contributed by atoms with Crippen molar-refractivity contribution in [1.82, 2.24) is 14.9 Å². The number of carbonyl (C=O) groups is 1. The van der Waals surface area contributed by atoms with Gasteiger partial charge in [0.2, 0.25) is 5.88 Å². The van der Waals surface area contributed by atoms with Gasteiger partial charge in [-0.3, -0.25) is 0 Å². The van der Waals surface area contributed by atoms with Crippen LogP contribution in [-0.4, -0.2) is 35.1 Å². The summed E-state index contributed by atoms with van der Waals surface area (Å²) in [5, 5.41) is 0.796. The lowest BCUT2D eigenvalue weighted by atomic mass is 10.3. The average Bonchev–Trinajstić information content (AvgIpc) is 2.72. The molecule has 0 saturated heterocycles. The molecule has 0 aliphatic heterocycles. The number of thiophene rings is 1. The molecule has 0 atom stereocenters. The van der Waals surface area contributed by atoms with Gasteiger partial charge in [0.1, 0.15) is 11.2 Å². The number of ether oxygens (including phenoxy) is 1. The standard InChI is InChI=1S/C11H13N3O2S/c1-4-7-5-8-9(16-11(15)14(2)3)12-6-13-10(8)17-7/h5-6H,4H2,1-3H3. The quantitative estimate of drug-likeness (QED) is 0.822. The molecule has 1 amide bonds. The van der Waals surface area contributed by atoms with Crippen molar-refractivity contribution in [1.29, 1.82) is 0 Å². The zero-order valence-corrected chi connectivity index (χ0v) is 10.7. The van der Waals surface area contributed by atoms with E-state index in [1.807, 2.05) is 6.07 Å². The Bertz CT molecular complexity index is 551. The van der Waals surface area contributed by atoms with Crippen LogP contribution < -0.4 is 4.74 Å². The number of aromatic nitrogens is 2. The topological polar surface area (TPSA) is 55.3 Å². The fourth-order valence-corrected chi connectivity index (χ4v) is 2.24. The summed E-state index contributed by atoms with van der Waals surface area (Å²) in [7, 11) is 3.26. The Labute approximate surface area is 103 Å². The summed E-state index contributed by atoms with van der Waals surface area (Å²) in [6.07, 6.45) is 1.91. The molecular weight excluding hydrogens is 238 g/mol. The van der Waals surface area contributed by atoms with E-state index < -0.39 is 6.09 Å². The van der Waals surface area contributed by atoms with Crippen LogP contribution in [0.4, 0.5) is 4.79 Å². The van der Waals surface area contributed by atoms with E-state index in [1.165, 1.54) is 16.1 Å². The molecule has 0 bridgehead atoms. The van der Waals surface area contributed by atoms with E-state index in [9.17, 15) is 4.79 Å². The molecule has 0 spiro atoms. The molecule has 6 heteroatoms. The van der Waals surface area contributed by atoms with E-state index in [-0.39, 0.29) is 0 Å². The molecule has 0 fully saturated rings. The molecule has 0 aliphatic rings. The van der Waals surface area contributed by atoms with Crippen molar-refractivity contribution in [3.05, 3.63) is 17.3 Å². The van der Waals surface area contributed by atoms with E-state index in [1.54, 1.807) is 25.4 Å². The van der Waals surface area contributed by atoms with Crippen molar-refractivity contribution >= 4 is 27.6 Å². The molecule has 17 heavy (non-hydrogen) atoms. The highest BCUT2D eigenvalue weighted by Crippen LogP contribution is 2.29. The van der Waals surface area contributed by atoms with Crippen molar-refractivity contribution in [3.8, 4) is 5.88 Å². The molecule has 90 valence electrons. The van der Waals surface area contributed by atoms with Crippen LogP contribution in [0.2, 0.25) is 0 Å². The Hall–Kier alpha value is -1.69. The number of amides is 1. The van der Waals surface area contributed by atoms with E-state index >= 15 is 0 Å². The molecule has 2 aromatic rings. The van der Waals surface area contributed by atoms with E-state index in [4.69, 9.17) is 4.74 Å². The zero-order chi connectivity index (χ0) is 12.4. The predicted molar refractivity (Wildman–Crippen MR) is 66.5 cm³/mol. The lowest BCUT2D eigenvalue weighted by molar-refractivity contribution is 0.170. The molecule has 0 aromatic carbocycles. The second kappa shape index (κ2) is 4.67. The first-order valence-corrected chi connectivity index (χ1v) is 6.06. The molecule has 2 rings (SSSR count). The van der Waals surface area contributed by atoms with Crippen molar-refractivity contribution < 1.29 is 9.53 Å². The molecule has 0 aliphatic carbocycles. The van der Waals surface area contributed by atoms with Crippen LogP contribution in [0.15, 0.2) is 12.4 Å². The maximum Gasteiger partial charge on any atom is 0.416 e. The first-order valence-electron chi connectivity index (χ1n) is 5.24. The first-order chi connectivity index (χ1) is 8.11. The fourth-order valence-electron chi connectivity index (χ4n) is 1.31. The SMILES string of the molecule is CCc1cc2c(OC(=O)N(C)C)ncnc2s1. The number of hydrogen-bond donors (Lipinski definition) is 0. The average molecular weight is 251 g/mol. The Morgan fingerprint density at radius 1 is 1.47 bits per heavy atom. The summed E-state index contributed by atoms with van der Waals surface area (Å²) in [5.41, 5.74) is 0. The second-order valence-electron chi connectivity index (χ2n) is 3.73. The van der Waals surface area contributed by atoms with Crippen LogP contribution in [0, 0.1) is 0 Å². The number of carbonyl (C=O) groups excluding carboxylic acids is 1. The molecule has 0 unspecified atom stereocenters. The van der Waals surface area contributed by atoms with E-state index in [0.29, 0.717) is 5.88 Å². The molecule has 0 saturated carbocycles. The minimum absolute atomic E-state index is 0.324. The third kappa shape index (κ3) is 2.36. The fraction of sp³-hybridized carbons (Fsp3) is 0.364. The van der Waals surface area contributed by atoms with Gasteiger partial charge in [-0.05, 0) is 12.5 Å². The second-order valence-corrected chi connectivity index (χ2v) is 4.84. The summed E-state index contributed by atoms with van der Waals surface area (Å²) in [4.78, 5) is 23.1. The molecule has 0 radical (unpaired) electrons. The van der Waals surface area contributed by atoms with Crippen molar-refractivity contribution in [3.63, 3.8) is 0 Å². The molecule has 2 aromatic heterocycles. The first kappa shape index (κ1) is 11.8.